The summed E-state index contributed by atoms with van der Waals surface area (Å²) in [7, 11) is 1.61. The van der Waals surface area contributed by atoms with Crippen LogP contribution in [-0.4, -0.2) is 26.2 Å². The third-order valence-corrected chi connectivity index (χ3v) is 3.28. The molecule has 116 valence electrons. The lowest BCUT2D eigenvalue weighted by molar-refractivity contribution is -0.120. The maximum atomic E-state index is 11.8. The fourth-order valence-electron chi connectivity index (χ4n) is 1.88. The molecule has 2 rings (SSSR count). The molecule has 5 heteroatoms. The highest BCUT2D eigenvalue weighted by molar-refractivity contribution is 6.30. The summed E-state index contributed by atoms with van der Waals surface area (Å²) in [6, 6.07) is 14.5. The average Bonchev–Trinajstić information content (AvgIpc) is 2.54. The lowest BCUT2D eigenvalue weighted by atomic mass is 10.1. The van der Waals surface area contributed by atoms with Gasteiger partial charge in [-0.05, 0) is 42.0 Å². The first-order valence-corrected chi connectivity index (χ1v) is 7.33. The van der Waals surface area contributed by atoms with Gasteiger partial charge in [-0.2, -0.15) is 0 Å². The highest BCUT2D eigenvalue weighted by Gasteiger charge is 2.03. The van der Waals surface area contributed by atoms with Gasteiger partial charge in [0.25, 0.3) is 0 Å². The van der Waals surface area contributed by atoms with Crippen molar-refractivity contribution < 1.29 is 14.3 Å². The lowest BCUT2D eigenvalue weighted by Gasteiger charge is -2.08. The van der Waals surface area contributed by atoms with Gasteiger partial charge in [0, 0.05) is 5.02 Å². The van der Waals surface area contributed by atoms with Crippen molar-refractivity contribution in [3.63, 3.8) is 0 Å². The van der Waals surface area contributed by atoms with Crippen molar-refractivity contribution in [2.75, 3.05) is 20.3 Å². The Bertz CT molecular complexity index is 596. The molecule has 0 aliphatic carbocycles. The predicted octanol–water partition coefficient (Wildman–Crippen LogP) is 3.09. The van der Waals surface area contributed by atoms with E-state index < -0.39 is 0 Å². The molecule has 2 aromatic carbocycles. The number of amides is 1. The normalized spacial score (nSPS) is 10.1. The van der Waals surface area contributed by atoms with Gasteiger partial charge in [0.15, 0.2) is 0 Å². The second-order valence-electron chi connectivity index (χ2n) is 4.68. The molecule has 1 amide bonds. The van der Waals surface area contributed by atoms with Gasteiger partial charge in [0.2, 0.25) is 5.91 Å². The SMILES string of the molecule is COc1ccc(CC(=O)NCCOc2ccc(Cl)cc2)cc1. The van der Waals surface area contributed by atoms with Crippen LogP contribution < -0.4 is 14.8 Å². The van der Waals surface area contributed by atoms with Crippen LogP contribution in [0.1, 0.15) is 5.56 Å². The number of hydrogen-bond donors (Lipinski definition) is 1. The van der Waals surface area contributed by atoms with E-state index in [-0.39, 0.29) is 5.91 Å². The molecule has 0 atom stereocenters. The summed E-state index contributed by atoms with van der Waals surface area (Å²) in [4.78, 5) is 11.8. The second-order valence-corrected chi connectivity index (χ2v) is 5.11. The Balaban J connectivity index is 1.67. The molecule has 0 spiro atoms. The van der Waals surface area contributed by atoms with Crippen molar-refractivity contribution in [2.45, 2.75) is 6.42 Å². The van der Waals surface area contributed by atoms with Crippen molar-refractivity contribution in [1.29, 1.82) is 0 Å². The van der Waals surface area contributed by atoms with Gasteiger partial charge in [0.05, 0.1) is 20.1 Å². The Hall–Kier alpha value is -2.20. The second kappa shape index (κ2) is 8.29. The van der Waals surface area contributed by atoms with Crippen molar-refractivity contribution in [3.05, 3.63) is 59.1 Å². The molecule has 1 N–H and O–H groups in total. The quantitative estimate of drug-likeness (QED) is 0.798. The number of methoxy groups -OCH3 is 1. The average molecular weight is 320 g/mol. The van der Waals surface area contributed by atoms with E-state index >= 15 is 0 Å². The van der Waals surface area contributed by atoms with Gasteiger partial charge in [-0.15, -0.1) is 0 Å². The molecule has 0 heterocycles. The lowest BCUT2D eigenvalue weighted by Crippen LogP contribution is -2.29. The molecule has 0 radical (unpaired) electrons. The summed E-state index contributed by atoms with van der Waals surface area (Å²) < 4.78 is 10.6. The first-order chi connectivity index (χ1) is 10.7. The van der Waals surface area contributed by atoms with Crippen LogP contribution in [0.15, 0.2) is 48.5 Å². The summed E-state index contributed by atoms with van der Waals surface area (Å²) in [6.07, 6.45) is 0.338. The molecule has 0 saturated heterocycles. The van der Waals surface area contributed by atoms with Crippen LogP contribution in [0.4, 0.5) is 0 Å². The summed E-state index contributed by atoms with van der Waals surface area (Å²) in [5.41, 5.74) is 0.942. The van der Waals surface area contributed by atoms with E-state index in [1.165, 1.54) is 0 Å². The Labute approximate surface area is 135 Å². The summed E-state index contributed by atoms with van der Waals surface area (Å²) in [5, 5.41) is 3.49. The number of carbonyl (C=O) groups is 1. The van der Waals surface area contributed by atoms with E-state index in [0.29, 0.717) is 24.6 Å². The number of benzene rings is 2. The largest absolute Gasteiger partial charge is 0.497 e. The molecular formula is C17H18ClNO3. The zero-order valence-electron chi connectivity index (χ0n) is 12.3. The molecule has 0 aromatic heterocycles. The predicted molar refractivity (Wildman–Crippen MR) is 86.7 cm³/mol. The van der Waals surface area contributed by atoms with Gasteiger partial charge < -0.3 is 14.8 Å². The summed E-state index contributed by atoms with van der Waals surface area (Å²) >= 11 is 5.79. The molecular weight excluding hydrogens is 302 g/mol. The molecule has 22 heavy (non-hydrogen) atoms. The van der Waals surface area contributed by atoms with Crippen molar-refractivity contribution >= 4 is 17.5 Å². The molecule has 4 nitrogen and oxygen atoms in total. The maximum absolute atomic E-state index is 11.8. The Morgan fingerprint density at radius 2 is 1.68 bits per heavy atom. The number of hydrogen-bond acceptors (Lipinski definition) is 3. The molecule has 0 saturated carbocycles. The Morgan fingerprint density at radius 1 is 1.05 bits per heavy atom. The number of carbonyl (C=O) groups excluding carboxylic acids is 1. The zero-order valence-corrected chi connectivity index (χ0v) is 13.1. The van der Waals surface area contributed by atoms with E-state index in [9.17, 15) is 4.79 Å². The molecule has 0 unspecified atom stereocenters. The fraction of sp³-hybridized carbons (Fsp3) is 0.235. The van der Waals surface area contributed by atoms with Crippen molar-refractivity contribution in [3.8, 4) is 11.5 Å². The first-order valence-electron chi connectivity index (χ1n) is 6.95. The first kappa shape index (κ1) is 16.2. The van der Waals surface area contributed by atoms with Gasteiger partial charge in [0.1, 0.15) is 18.1 Å². The van der Waals surface area contributed by atoms with E-state index in [1.54, 1.807) is 31.4 Å². The van der Waals surface area contributed by atoms with Crippen LogP contribution in [0.5, 0.6) is 11.5 Å². The number of ether oxygens (including phenoxy) is 2. The standard InChI is InChI=1S/C17H18ClNO3/c1-21-15-6-2-13(3-7-15)12-17(20)19-10-11-22-16-8-4-14(18)5-9-16/h2-9H,10-12H2,1H3,(H,19,20). The molecule has 0 bridgehead atoms. The topological polar surface area (TPSA) is 47.6 Å². The van der Waals surface area contributed by atoms with Crippen LogP contribution in [-0.2, 0) is 11.2 Å². The molecule has 0 fully saturated rings. The van der Waals surface area contributed by atoms with Crippen LogP contribution in [0, 0.1) is 0 Å². The Morgan fingerprint density at radius 3 is 2.32 bits per heavy atom. The highest BCUT2D eigenvalue weighted by atomic mass is 35.5. The van der Waals surface area contributed by atoms with Gasteiger partial charge >= 0.3 is 0 Å². The Kier molecular flexibility index (Phi) is 6.10. The molecule has 0 aliphatic heterocycles. The van der Waals surface area contributed by atoms with Gasteiger partial charge in [-0.25, -0.2) is 0 Å². The van der Waals surface area contributed by atoms with Crippen molar-refractivity contribution in [2.24, 2.45) is 0 Å². The van der Waals surface area contributed by atoms with Crippen molar-refractivity contribution in [1.82, 2.24) is 5.32 Å². The van der Waals surface area contributed by atoms with Crippen LogP contribution in [0.25, 0.3) is 0 Å². The van der Waals surface area contributed by atoms with E-state index in [4.69, 9.17) is 21.1 Å². The number of nitrogens with one attached hydrogen (secondary N) is 1. The number of rotatable bonds is 7. The number of halogens is 1. The molecule has 0 aliphatic rings. The highest BCUT2D eigenvalue weighted by Crippen LogP contribution is 2.15. The zero-order chi connectivity index (χ0) is 15.8. The maximum Gasteiger partial charge on any atom is 0.224 e. The third kappa shape index (κ3) is 5.30. The minimum absolute atomic E-state index is 0.0372. The fourth-order valence-corrected chi connectivity index (χ4v) is 2.01. The minimum atomic E-state index is -0.0372. The minimum Gasteiger partial charge on any atom is -0.497 e. The summed E-state index contributed by atoms with van der Waals surface area (Å²) in [6.45, 7) is 0.869. The third-order valence-electron chi connectivity index (χ3n) is 3.03. The van der Waals surface area contributed by atoms with Crippen LogP contribution >= 0.6 is 11.6 Å². The summed E-state index contributed by atoms with van der Waals surface area (Å²) in [5.74, 6) is 1.47. The smallest absolute Gasteiger partial charge is 0.224 e. The van der Waals surface area contributed by atoms with Crippen LogP contribution in [0.3, 0.4) is 0 Å². The van der Waals surface area contributed by atoms with E-state index in [0.717, 1.165) is 17.1 Å². The monoisotopic (exact) mass is 319 g/mol. The van der Waals surface area contributed by atoms with Crippen LogP contribution in [0.2, 0.25) is 5.02 Å². The van der Waals surface area contributed by atoms with E-state index in [2.05, 4.69) is 5.32 Å². The van der Waals surface area contributed by atoms with Gasteiger partial charge in [-0.3, -0.25) is 4.79 Å². The van der Waals surface area contributed by atoms with E-state index in [1.807, 2.05) is 24.3 Å². The molecule has 2 aromatic rings. The van der Waals surface area contributed by atoms with Gasteiger partial charge in [-0.1, -0.05) is 23.7 Å².